The summed E-state index contributed by atoms with van der Waals surface area (Å²) >= 11 is 0. The molecule has 0 bridgehead atoms. The number of rotatable bonds is 14. The Morgan fingerprint density at radius 1 is 0.980 bits per heavy atom. The number of carboxylic acid groups (broad SMARTS) is 2. The number of nitrogens with zero attached hydrogens (tertiary/aromatic N) is 2. The highest BCUT2D eigenvalue weighted by Crippen LogP contribution is 2.27. The van der Waals surface area contributed by atoms with Crippen molar-refractivity contribution >= 4 is 34.5 Å². The van der Waals surface area contributed by atoms with E-state index in [2.05, 4.69) is 25.2 Å². The molecule has 49 heavy (non-hydrogen) atoms. The van der Waals surface area contributed by atoms with Crippen LogP contribution in [0, 0.1) is 6.92 Å². The number of halogens is 6. The van der Waals surface area contributed by atoms with Gasteiger partial charge in [-0.1, -0.05) is 19.8 Å². The third-order valence-electron chi connectivity index (χ3n) is 6.79. The van der Waals surface area contributed by atoms with Crippen molar-refractivity contribution in [2.24, 2.45) is 0 Å². The summed E-state index contributed by atoms with van der Waals surface area (Å²) in [6, 6.07) is 5.65. The van der Waals surface area contributed by atoms with Gasteiger partial charge in [-0.15, -0.1) is 0 Å². The maximum absolute atomic E-state index is 13.2. The molecule has 2 aromatic heterocycles. The van der Waals surface area contributed by atoms with Crippen LogP contribution in [0.25, 0.3) is 10.9 Å². The number of H-pyrrole nitrogens is 2. The number of aryl methyl sites for hydroxylation is 1. The Bertz CT molecular complexity index is 1510. The standard InChI is InChI=1S/C27H39N5O3.2C2HF3O2/c1-6-20(33)10-8-7-9-11-25(27-28-16-19(30-27)17-32(3)4)31-26(34)15-22-18(2)29-24-13-12-21(35-5)14-23(22)24;2*3-2(4,5)1(6)7/h12-14,16,25,29H,6-11,15,17H2,1-5H3,(H,28,30)(H,31,34);2*(H,6,7). The molecule has 1 aromatic carbocycles. The second kappa shape index (κ2) is 19.4. The van der Waals surface area contributed by atoms with Crippen molar-refractivity contribution in [2.45, 2.75) is 83.7 Å². The number of aromatic amines is 2. The van der Waals surface area contributed by atoms with Crippen molar-refractivity contribution in [3.05, 3.63) is 47.2 Å². The molecule has 0 aliphatic carbocycles. The number of Topliss-reactive ketones (excluding diaryl/α,β-unsaturated/α-hetero) is 1. The lowest BCUT2D eigenvalue weighted by atomic mass is 10.0. The SMILES string of the molecule is CCC(=O)CCCCCC(NC(=O)Cc1c(C)[nH]c2ccc(OC)cc12)c1ncc(CN(C)C)[nH]1.O=C(O)C(F)(F)F.O=C(O)C(F)(F)F. The predicted octanol–water partition coefficient (Wildman–Crippen LogP) is 5.87. The van der Waals surface area contributed by atoms with Crippen LogP contribution in [0.4, 0.5) is 26.3 Å². The molecule has 0 aliphatic heterocycles. The van der Waals surface area contributed by atoms with E-state index < -0.39 is 24.3 Å². The monoisotopic (exact) mass is 709 g/mol. The average molecular weight is 710 g/mol. The number of benzene rings is 1. The van der Waals surface area contributed by atoms with Gasteiger partial charge in [-0.2, -0.15) is 26.3 Å². The number of hydrogen-bond donors (Lipinski definition) is 5. The van der Waals surface area contributed by atoms with Crippen LogP contribution < -0.4 is 10.1 Å². The minimum atomic E-state index is -5.08. The Balaban J connectivity index is 0.000000717. The number of carbonyl (C=O) groups is 4. The molecule has 2 heterocycles. The fourth-order valence-corrected chi connectivity index (χ4v) is 4.40. The number of alkyl halides is 6. The first-order chi connectivity index (χ1) is 22.7. The fraction of sp³-hybridized carbons (Fsp3) is 0.516. The first-order valence-corrected chi connectivity index (χ1v) is 14.9. The first-order valence-electron chi connectivity index (χ1n) is 14.9. The third kappa shape index (κ3) is 15.4. The summed E-state index contributed by atoms with van der Waals surface area (Å²) in [5.41, 5.74) is 3.95. The van der Waals surface area contributed by atoms with E-state index in [1.807, 2.05) is 52.3 Å². The van der Waals surface area contributed by atoms with Gasteiger partial charge in [0.1, 0.15) is 17.4 Å². The number of aromatic nitrogens is 3. The first kappa shape index (κ1) is 42.4. The van der Waals surface area contributed by atoms with Gasteiger partial charge in [0.15, 0.2) is 0 Å². The predicted molar refractivity (Wildman–Crippen MR) is 166 cm³/mol. The number of fused-ring (bicyclic) bond motifs is 1. The molecular formula is C31H41F6N5O7. The highest BCUT2D eigenvalue weighted by atomic mass is 19.4. The Kier molecular flexibility index (Phi) is 16.8. The molecule has 1 amide bonds. The maximum Gasteiger partial charge on any atom is 0.490 e. The van der Waals surface area contributed by atoms with E-state index in [4.69, 9.17) is 24.5 Å². The lowest BCUT2D eigenvalue weighted by Crippen LogP contribution is -2.30. The van der Waals surface area contributed by atoms with Crippen LogP contribution in [0.5, 0.6) is 5.75 Å². The Morgan fingerprint density at radius 3 is 2.08 bits per heavy atom. The van der Waals surface area contributed by atoms with Crippen molar-refractivity contribution in [3.8, 4) is 5.75 Å². The molecule has 274 valence electrons. The fourth-order valence-electron chi connectivity index (χ4n) is 4.40. The summed E-state index contributed by atoms with van der Waals surface area (Å²) in [7, 11) is 5.66. The maximum atomic E-state index is 13.2. The van der Waals surface area contributed by atoms with Crippen LogP contribution in [0.1, 0.15) is 74.3 Å². The molecule has 3 aromatic rings. The van der Waals surface area contributed by atoms with Gasteiger partial charge in [0.25, 0.3) is 0 Å². The smallest absolute Gasteiger partial charge is 0.490 e. The Morgan fingerprint density at radius 2 is 1.57 bits per heavy atom. The summed E-state index contributed by atoms with van der Waals surface area (Å²) < 4.78 is 68.9. The number of unbranched alkanes of at least 4 members (excludes halogenated alkanes) is 2. The molecule has 0 saturated carbocycles. The highest BCUT2D eigenvalue weighted by Gasteiger charge is 2.38. The Hall–Kier alpha value is -4.61. The second-order valence-electron chi connectivity index (χ2n) is 11.1. The van der Waals surface area contributed by atoms with Crippen LogP contribution in [0.2, 0.25) is 0 Å². The van der Waals surface area contributed by atoms with Gasteiger partial charge in [0.05, 0.1) is 19.6 Å². The molecule has 0 saturated heterocycles. The van der Waals surface area contributed by atoms with E-state index in [0.717, 1.165) is 71.7 Å². The number of amides is 1. The number of methoxy groups -OCH3 is 1. The summed E-state index contributed by atoms with van der Waals surface area (Å²) in [4.78, 5) is 56.0. The molecule has 1 atom stereocenters. The van der Waals surface area contributed by atoms with Crippen molar-refractivity contribution in [1.29, 1.82) is 0 Å². The summed E-state index contributed by atoms with van der Waals surface area (Å²) in [5.74, 6) is -3.72. The van der Waals surface area contributed by atoms with Gasteiger partial charge in [-0.05, 0) is 57.6 Å². The quantitative estimate of drug-likeness (QED) is 0.101. The largest absolute Gasteiger partial charge is 0.497 e. The molecule has 5 N–H and O–H groups in total. The normalized spacial score (nSPS) is 12.0. The van der Waals surface area contributed by atoms with Gasteiger partial charge >= 0.3 is 24.3 Å². The number of imidazole rings is 1. The van der Waals surface area contributed by atoms with Gasteiger partial charge in [-0.3, -0.25) is 9.59 Å². The van der Waals surface area contributed by atoms with Crippen molar-refractivity contribution in [3.63, 3.8) is 0 Å². The highest BCUT2D eigenvalue weighted by molar-refractivity contribution is 5.91. The van der Waals surface area contributed by atoms with E-state index >= 15 is 0 Å². The van der Waals surface area contributed by atoms with E-state index in [0.29, 0.717) is 18.6 Å². The lowest BCUT2D eigenvalue weighted by Gasteiger charge is -2.17. The second-order valence-corrected chi connectivity index (χ2v) is 11.1. The zero-order chi connectivity index (χ0) is 37.5. The number of carboxylic acids is 2. The van der Waals surface area contributed by atoms with Crippen molar-refractivity contribution < 1.29 is 60.5 Å². The summed E-state index contributed by atoms with van der Waals surface area (Å²) in [6.45, 7) is 4.65. The van der Waals surface area contributed by atoms with Crippen molar-refractivity contribution in [2.75, 3.05) is 21.2 Å². The van der Waals surface area contributed by atoms with Crippen LogP contribution in [-0.2, 0) is 32.1 Å². The van der Waals surface area contributed by atoms with Gasteiger partial charge in [0.2, 0.25) is 5.91 Å². The number of ketones is 1. The number of hydrogen-bond acceptors (Lipinski definition) is 7. The molecule has 0 aliphatic rings. The third-order valence-corrected chi connectivity index (χ3v) is 6.79. The minimum absolute atomic E-state index is 0.0476. The number of nitrogens with one attached hydrogen (secondary N) is 3. The van der Waals surface area contributed by atoms with Crippen molar-refractivity contribution in [1.82, 2.24) is 25.2 Å². The van der Waals surface area contributed by atoms with E-state index in [1.165, 1.54) is 0 Å². The number of carbonyl (C=O) groups excluding carboxylic acids is 2. The van der Waals surface area contributed by atoms with E-state index in [1.54, 1.807) is 7.11 Å². The molecule has 1 unspecified atom stereocenters. The summed E-state index contributed by atoms with van der Waals surface area (Å²) in [6.07, 6.45) is -3.32. The molecular weight excluding hydrogens is 668 g/mol. The lowest BCUT2D eigenvalue weighted by molar-refractivity contribution is -0.193. The van der Waals surface area contributed by atoms with Gasteiger partial charge in [0, 0.05) is 47.9 Å². The molecule has 12 nitrogen and oxygen atoms in total. The number of aliphatic carboxylic acids is 2. The van der Waals surface area contributed by atoms with Crippen LogP contribution >= 0.6 is 0 Å². The van der Waals surface area contributed by atoms with E-state index in [9.17, 15) is 35.9 Å². The topological polar surface area (TPSA) is 178 Å². The zero-order valence-electron chi connectivity index (χ0n) is 27.6. The zero-order valence-corrected chi connectivity index (χ0v) is 27.6. The molecule has 0 fully saturated rings. The van der Waals surface area contributed by atoms with E-state index in [-0.39, 0.29) is 18.4 Å². The van der Waals surface area contributed by atoms with Crippen LogP contribution in [-0.4, -0.2) is 87.3 Å². The van der Waals surface area contributed by atoms with Crippen LogP contribution in [0.15, 0.2) is 24.4 Å². The number of ether oxygens (including phenoxy) is 1. The van der Waals surface area contributed by atoms with Gasteiger partial charge in [-0.25, -0.2) is 14.6 Å². The average Bonchev–Trinajstić information content (AvgIpc) is 3.58. The Labute approximate surface area is 278 Å². The summed E-state index contributed by atoms with van der Waals surface area (Å²) in [5, 5.41) is 18.5. The van der Waals surface area contributed by atoms with Crippen LogP contribution in [0.3, 0.4) is 0 Å². The molecule has 0 radical (unpaired) electrons. The minimum Gasteiger partial charge on any atom is -0.497 e. The molecule has 3 rings (SSSR count). The molecule has 0 spiro atoms. The molecule has 18 heteroatoms. The van der Waals surface area contributed by atoms with Gasteiger partial charge < -0.3 is 35.1 Å².